The van der Waals surface area contributed by atoms with Crippen LogP contribution < -0.4 is 34.8 Å². The molecule has 0 bridgehead atoms. The number of nitrogens with zero attached hydrogens (tertiary/aromatic N) is 6. The molecule has 10 nitrogen and oxygen atoms in total. The summed E-state index contributed by atoms with van der Waals surface area (Å²) in [5.74, 6) is 0. The molecule has 2 atom stereocenters. The van der Waals surface area contributed by atoms with Crippen LogP contribution in [0.5, 0.6) is 0 Å². The number of aromatic nitrogens is 2. The molecule has 0 saturated heterocycles. The number of hydrogen-bond acceptors (Lipinski definition) is 4. The fourth-order valence-corrected chi connectivity index (χ4v) is 20.2. The minimum absolute atomic E-state index is 0.503. The number of benzene rings is 14. The zero-order chi connectivity index (χ0) is 66.3. The van der Waals surface area contributed by atoms with E-state index in [0.717, 1.165) is 110 Å². The highest BCUT2D eigenvalue weighted by Crippen LogP contribution is 2.71. The van der Waals surface area contributed by atoms with Crippen molar-refractivity contribution in [2.45, 2.75) is 0 Å². The summed E-state index contributed by atoms with van der Waals surface area (Å²) >= 11 is 3.60. The van der Waals surface area contributed by atoms with E-state index in [1.54, 1.807) is 6.07 Å². The molecule has 0 saturated carbocycles. The Morgan fingerprint density at radius 1 is 0.265 bits per heavy atom. The fourth-order valence-electron chi connectivity index (χ4n) is 13.8. The van der Waals surface area contributed by atoms with E-state index in [1.807, 2.05) is 257 Å². The average molecular weight is 1370 g/mol. The molecule has 2 unspecified atom stereocenters. The lowest BCUT2D eigenvalue weighted by molar-refractivity contribution is 0.426. The summed E-state index contributed by atoms with van der Waals surface area (Å²) < 4.78 is 44.6. The number of halogens is 1. The second kappa shape index (κ2) is 26.1. The van der Waals surface area contributed by atoms with Gasteiger partial charge < -0.3 is 19.2 Å². The summed E-state index contributed by atoms with van der Waals surface area (Å²) in [6.45, 7) is 0. The second-order valence-corrected chi connectivity index (χ2v) is 29.7. The zero-order valence-electron chi connectivity index (χ0n) is 52.9. The van der Waals surface area contributed by atoms with Crippen molar-refractivity contribution in [1.82, 2.24) is 9.13 Å². The number of rotatable bonds is 10. The van der Waals surface area contributed by atoms with Crippen molar-refractivity contribution in [3.63, 3.8) is 0 Å². The second-order valence-electron chi connectivity index (χ2n) is 23.9. The van der Waals surface area contributed by atoms with Gasteiger partial charge in [0.15, 0.2) is 0 Å². The van der Waals surface area contributed by atoms with Crippen LogP contribution in [0.4, 0.5) is 45.5 Å². The van der Waals surface area contributed by atoms with Crippen molar-refractivity contribution in [2.75, 3.05) is 18.7 Å². The van der Waals surface area contributed by atoms with Crippen LogP contribution >= 0.6 is 30.8 Å². The predicted molar refractivity (Wildman–Crippen MR) is 413 cm³/mol. The average Bonchev–Trinajstić information content (AvgIpc) is 1.57. The summed E-state index contributed by atoms with van der Waals surface area (Å²) in [7, 11) is -8.12. The maximum absolute atomic E-state index is 15.9. The normalized spacial score (nSPS) is 15.4. The molecule has 14 heteroatoms. The van der Waals surface area contributed by atoms with Crippen LogP contribution in [0.15, 0.2) is 368 Å². The summed E-state index contributed by atoms with van der Waals surface area (Å²) in [6, 6.07) is 122. The van der Waals surface area contributed by atoms with Crippen molar-refractivity contribution in [2.24, 2.45) is 0 Å². The lowest BCUT2D eigenvalue weighted by Gasteiger charge is -2.33. The number of para-hydroxylation sites is 8. The Labute approximate surface area is 577 Å². The molecular formula is C84H62BBrN6O4P2. The lowest BCUT2D eigenvalue weighted by atomic mass is 9.80. The van der Waals surface area contributed by atoms with E-state index >= 15 is 9.13 Å². The van der Waals surface area contributed by atoms with Gasteiger partial charge in [0.1, 0.15) is 0 Å². The number of anilines is 8. The van der Waals surface area contributed by atoms with Gasteiger partial charge in [0.05, 0.1) is 55.4 Å². The minimum Gasteiger partial charge on any atom is -0.423 e. The molecule has 4 heterocycles. The zero-order valence-corrected chi connectivity index (χ0v) is 56.3. The van der Waals surface area contributed by atoms with Crippen LogP contribution in [0, 0.1) is 0 Å². The number of fused-ring (bicyclic) bond motifs is 8. The largest absolute Gasteiger partial charge is 0.488 e. The molecule has 2 aliphatic heterocycles. The van der Waals surface area contributed by atoms with E-state index in [0.29, 0.717) is 5.46 Å². The molecule has 2 N–H and O–H groups in total. The standard InChI is InChI=1S/C42H30N3OP.C24H18BrN2OP.C18H14BNO2/c46-47(36-21-11-4-12-22-36)44(34-17-7-2-8-18-34)41-28-26-32(30-42(41)45(47)35-19-9-3-10-20-35)31-25-27-40-38(29-31)37-23-13-14-24-39(37)43(40)33-15-5-1-6-16-33;25-19-16-17-23-24(18-19)27(21-12-6-2-7-13-21)29(28,22-14-8-3-9-15-22)26(23)20-10-4-1-5-11-20;21-19(22)13-10-11-18-16(12-13)15-8-4-5-9-17(15)20(18)14-6-2-1-3-7-14/h1-30H;1-18H;1-12,21-22H. The Morgan fingerprint density at radius 3 is 0.990 bits per heavy atom. The van der Waals surface area contributed by atoms with Gasteiger partial charge >= 0.3 is 22.0 Å². The summed E-state index contributed by atoms with van der Waals surface area (Å²) in [4.78, 5) is 0. The van der Waals surface area contributed by atoms with Gasteiger partial charge in [0.25, 0.3) is 0 Å². The Hall–Kier alpha value is -11.2. The third-order valence-electron chi connectivity index (χ3n) is 18.1. The molecule has 16 aromatic rings. The quantitative estimate of drug-likeness (QED) is 0.103. The molecule has 0 spiro atoms. The van der Waals surface area contributed by atoms with Crippen molar-refractivity contribution >= 4 is 143 Å². The van der Waals surface area contributed by atoms with Crippen molar-refractivity contribution in [3.05, 3.63) is 368 Å². The van der Waals surface area contributed by atoms with Crippen LogP contribution in [-0.4, -0.2) is 26.3 Å². The SMILES string of the molecule is O=P1(c2ccccc2)N(c2ccccc2)c2ccc(-c3ccc4c(c3)c3ccccc3n4-c3ccccc3)cc2N1c1ccccc1.O=P1(c2ccccc2)N(c2ccccc2)c2ccc(Br)cc2N1c1ccccc1.OB(O)c1ccc2c(c1)c1ccccc1n2-c1ccccc1. The monoisotopic (exact) mass is 1370 g/mol. The molecule has 14 aromatic carbocycles. The molecular weight excluding hydrogens is 1310 g/mol. The molecule has 0 aliphatic carbocycles. The third kappa shape index (κ3) is 10.8. The van der Waals surface area contributed by atoms with Crippen molar-refractivity contribution < 1.29 is 19.2 Å². The highest BCUT2D eigenvalue weighted by molar-refractivity contribution is 9.10. The van der Waals surface area contributed by atoms with E-state index < -0.39 is 22.0 Å². The highest BCUT2D eigenvalue weighted by Gasteiger charge is 2.50. The van der Waals surface area contributed by atoms with Gasteiger partial charge in [-0.3, -0.25) is 27.8 Å². The predicted octanol–water partition coefficient (Wildman–Crippen LogP) is 21.0. The number of hydrogen-bond donors (Lipinski definition) is 2. The summed E-state index contributed by atoms with van der Waals surface area (Å²) in [5.41, 5.74) is 16.7. The molecule has 0 amide bonds. The van der Waals surface area contributed by atoms with Crippen molar-refractivity contribution in [1.29, 1.82) is 0 Å². The Morgan fingerprint density at radius 2 is 0.571 bits per heavy atom. The first-order valence-electron chi connectivity index (χ1n) is 32.4. The summed E-state index contributed by atoms with van der Waals surface area (Å²) in [5, 5.41) is 25.0. The molecule has 18 rings (SSSR count). The van der Waals surface area contributed by atoms with E-state index in [4.69, 9.17) is 0 Å². The maximum atomic E-state index is 15.9. The first kappa shape index (κ1) is 61.7. The fraction of sp³-hybridized carbons (Fsp3) is 0. The first-order chi connectivity index (χ1) is 48.2. The molecule has 2 aromatic heterocycles. The Balaban J connectivity index is 0.000000125. The van der Waals surface area contributed by atoms with Gasteiger partial charge in [-0.1, -0.05) is 222 Å². The van der Waals surface area contributed by atoms with Crippen LogP contribution in [0.1, 0.15) is 0 Å². The lowest BCUT2D eigenvalue weighted by Crippen LogP contribution is -2.29. The summed E-state index contributed by atoms with van der Waals surface area (Å²) in [6.07, 6.45) is 0. The smallest absolute Gasteiger partial charge is 0.423 e. The van der Waals surface area contributed by atoms with Gasteiger partial charge in [-0.2, -0.15) is 0 Å². The highest BCUT2D eigenvalue weighted by atomic mass is 79.9. The van der Waals surface area contributed by atoms with E-state index in [1.165, 1.54) is 16.3 Å². The van der Waals surface area contributed by atoms with Gasteiger partial charge in [-0.05, 0) is 174 Å². The first-order valence-corrected chi connectivity index (χ1v) is 36.4. The minimum atomic E-state index is -3.42. The van der Waals surface area contributed by atoms with Gasteiger partial charge in [-0.15, -0.1) is 0 Å². The molecule has 472 valence electrons. The third-order valence-corrected chi connectivity index (χ3v) is 24.5. The van der Waals surface area contributed by atoms with Gasteiger partial charge in [0, 0.05) is 60.1 Å². The topological polar surface area (TPSA) is 97.4 Å². The van der Waals surface area contributed by atoms with E-state index in [-0.39, 0.29) is 0 Å². The molecule has 98 heavy (non-hydrogen) atoms. The Kier molecular flexibility index (Phi) is 16.4. The van der Waals surface area contributed by atoms with E-state index in [2.05, 4.69) is 145 Å². The van der Waals surface area contributed by atoms with Gasteiger partial charge in [-0.25, -0.2) is 0 Å². The van der Waals surface area contributed by atoms with E-state index in [9.17, 15) is 10.0 Å². The maximum Gasteiger partial charge on any atom is 0.488 e. The van der Waals surface area contributed by atoms with Crippen LogP contribution in [0.3, 0.4) is 0 Å². The van der Waals surface area contributed by atoms with Crippen molar-refractivity contribution in [3.8, 4) is 22.5 Å². The molecule has 0 radical (unpaired) electrons. The van der Waals surface area contributed by atoms with Crippen LogP contribution in [0.25, 0.3) is 66.1 Å². The van der Waals surface area contributed by atoms with Crippen LogP contribution in [0.2, 0.25) is 0 Å². The Bertz CT molecular complexity index is 5670. The van der Waals surface area contributed by atoms with Gasteiger partial charge in [0.2, 0.25) is 0 Å². The van der Waals surface area contributed by atoms with Crippen LogP contribution in [-0.2, 0) is 9.13 Å². The molecule has 2 aliphatic rings. The molecule has 0 fully saturated rings.